The fourth-order valence-corrected chi connectivity index (χ4v) is 18.7. The van der Waals surface area contributed by atoms with Crippen molar-refractivity contribution in [3.05, 3.63) is 312 Å². The molecular weight excluding hydrogens is 1080 g/mol. The van der Waals surface area contributed by atoms with Crippen LogP contribution >= 0.6 is 0 Å². The van der Waals surface area contributed by atoms with Crippen molar-refractivity contribution in [3.8, 4) is 5.82 Å². The lowest BCUT2D eigenvalue weighted by Crippen LogP contribution is -2.74. The summed E-state index contributed by atoms with van der Waals surface area (Å²) in [5.74, 6) is 0.893. The normalized spacial score (nSPS) is 13.4. The zero-order valence-electron chi connectivity index (χ0n) is 53.4. The summed E-state index contributed by atoms with van der Waals surface area (Å²) in [6, 6.07) is 99.1. The first-order valence-electron chi connectivity index (χ1n) is 31.4. The minimum atomic E-state index is -3.30. The number of rotatable bonds is 12. The maximum atomic E-state index is 5.36. The van der Waals surface area contributed by atoms with Gasteiger partial charge in [0.1, 0.15) is 12.5 Å². The van der Waals surface area contributed by atoms with Crippen molar-refractivity contribution in [1.29, 1.82) is 0 Å². The molecule has 0 amide bonds. The maximum absolute atomic E-state index is 5.36. The molecule has 0 saturated carbocycles. The molecule has 0 bridgehead atoms. The number of pyridine rings is 1. The number of aromatic nitrogens is 2. The minimum absolute atomic E-state index is 0.0278. The molecule has 0 radical (unpaired) electrons. The Morgan fingerprint density at radius 3 is 1.30 bits per heavy atom. The molecule has 0 saturated heterocycles. The summed E-state index contributed by atoms with van der Waals surface area (Å²) in [4.78, 5) is 10.5. The topological polar surface area (TPSA) is 24.3 Å². The van der Waals surface area contributed by atoms with E-state index in [0.717, 1.165) is 16.9 Å². The predicted octanol–water partition coefficient (Wildman–Crippen LogP) is 18.4. The quantitative estimate of drug-likeness (QED) is 0.0900. The van der Waals surface area contributed by atoms with Gasteiger partial charge in [0.2, 0.25) is 0 Å². The smallest absolute Gasteiger partial charge is 0.179 e. The molecule has 1 aliphatic heterocycles. The second-order valence-electron chi connectivity index (χ2n) is 28.3. The molecule has 0 aliphatic carbocycles. The summed E-state index contributed by atoms with van der Waals surface area (Å²) in [5.41, 5.74) is 16.3. The van der Waals surface area contributed by atoms with Crippen LogP contribution in [0.15, 0.2) is 267 Å². The van der Waals surface area contributed by atoms with Gasteiger partial charge >= 0.3 is 0 Å². The Balaban J connectivity index is 1.08. The molecule has 0 fully saturated rings. The van der Waals surface area contributed by atoms with Crippen LogP contribution in [0.5, 0.6) is 0 Å². The van der Waals surface area contributed by atoms with Crippen molar-refractivity contribution in [2.24, 2.45) is 0 Å². The largest absolute Gasteiger partial charge is 0.321 e. The summed E-state index contributed by atoms with van der Waals surface area (Å²) in [5, 5.41) is 7.66. The van der Waals surface area contributed by atoms with Crippen LogP contribution in [0.25, 0.3) is 27.6 Å². The second kappa shape index (κ2) is 22.0. The average molecular weight is 1160 g/mol. The number of benzene rings is 10. The van der Waals surface area contributed by atoms with E-state index in [1.165, 1.54) is 98.8 Å². The third-order valence-electron chi connectivity index (χ3n) is 19.3. The number of para-hydroxylation sites is 2. The van der Waals surface area contributed by atoms with E-state index in [1.54, 1.807) is 0 Å². The number of fused-ring (bicyclic) bond motifs is 4. The van der Waals surface area contributed by atoms with E-state index in [9.17, 15) is 0 Å². The van der Waals surface area contributed by atoms with Crippen LogP contribution < -0.4 is 30.5 Å². The molecule has 3 heterocycles. The molecule has 12 aromatic rings. The minimum Gasteiger partial charge on any atom is -0.321 e. The molecular formula is C83H82N4Si. The van der Waals surface area contributed by atoms with E-state index in [1.807, 2.05) is 6.20 Å². The maximum Gasteiger partial charge on any atom is 0.179 e. The van der Waals surface area contributed by atoms with Crippen LogP contribution in [0, 0.1) is 0 Å². The van der Waals surface area contributed by atoms with Gasteiger partial charge in [0, 0.05) is 39.2 Å². The van der Waals surface area contributed by atoms with Crippen LogP contribution in [0.3, 0.4) is 0 Å². The molecule has 0 unspecified atom stereocenters. The van der Waals surface area contributed by atoms with Crippen LogP contribution in [-0.4, -0.2) is 24.3 Å². The zero-order chi connectivity index (χ0) is 61.4. The van der Waals surface area contributed by atoms with Gasteiger partial charge in [0.05, 0.1) is 22.4 Å². The summed E-state index contributed by atoms with van der Waals surface area (Å²) >= 11 is 0. The zero-order valence-corrected chi connectivity index (χ0v) is 54.4. The van der Waals surface area contributed by atoms with Crippen LogP contribution in [-0.2, 0) is 27.1 Å². The first kappa shape index (κ1) is 58.0. The number of hydrogen-bond donors (Lipinski definition) is 0. The summed E-state index contributed by atoms with van der Waals surface area (Å²) in [7, 11) is -3.30. The molecule has 88 heavy (non-hydrogen) atoms. The highest BCUT2D eigenvalue weighted by atomic mass is 28.3. The average Bonchev–Trinajstić information content (AvgIpc) is 1.65. The standard InChI is InChI=1S/C83H82N4Si/c1-79(2,3)63-48-64(80(4,5)6)50-66(49-63)85-57-86(76-41-29-28-40-75(76)85)67-51-65(81(7,8)9)52-71(55-67)88(68-36-24-16-25-37-68,69-38-26-17-27-39-69)70-43-44-72-73-53-62(83(12,59-32-20-14-21-33-59)60-34-22-15-23-35-60)42-45-74(73)87(77(72)56-70)78-54-61(46-47-84-78)82(10,11)58-30-18-13-19-31-58/h13-56H,57H2,1-12H3. The lowest BCUT2D eigenvalue weighted by atomic mass is 9.71. The van der Waals surface area contributed by atoms with E-state index in [2.05, 4.69) is 358 Å². The van der Waals surface area contributed by atoms with E-state index < -0.39 is 13.5 Å². The summed E-state index contributed by atoms with van der Waals surface area (Å²) in [6.07, 6.45) is 2.02. The Morgan fingerprint density at radius 2 is 0.784 bits per heavy atom. The van der Waals surface area contributed by atoms with Crippen molar-refractivity contribution in [2.45, 2.75) is 110 Å². The monoisotopic (exact) mass is 1160 g/mol. The Morgan fingerprint density at radius 1 is 0.318 bits per heavy atom. The van der Waals surface area contributed by atoms with Crippen molar-refractivity contribution < 1.29 is 0 Å². The molecule has 1 aliphatic rings. The fraction of sp³-hybridized carbons (Fsp3) is 0.217. The van der Waals surface area contributed by atoms with Crippen molar-refractivity contribution in [2.75, 3.05) is 16.5 Å². The van der Waals surface area contributed by atoms with E-state index in [0.29, 0.717) is 6.67 Å². The molecule has 0 spiro atoms. The van der Waals surface area contributed by atoms with E-state index >= 15 is 0 Å². The van der Waals surface area contributed by atoms with Gasteiger partial charge in [-0.1, -0.05) is 270 Å². The molecule has 4 nitrogen and oxygen atoms in total. The van der Waals surface area contributed by atoms with Gasteiger partial charge in [-0.25, -0.2) is 4.98 Å². The van der Waals surface area contributed by atoms with Gasteiger partial charge in [0.25, 0.3) is 0 Å². The van der Waals surface area contributed by atoms with Crippen LogP contribution in [0.4, 0.5) is 22.7 Å². The Bertz CT molecular complexity index is 4400. The molecule has 438 valence electrons. The first-order chi connectivity index (χ1) is 42.1. The molecule has 2 aromatic heterocycles. The number of anilines is 4. The van der Waals surface area contributed by atoms with Crippen molar-refractivity contribution >= 4 is 73.4 Å². The van der Waals surface area contributed by atoms with Gasteiger partial charge in [-0.15, -0.1) is 0 Å². The Kier molecular flexibility index (Phi) is 14.5. The summed E-state index contributed by atoms with van der Waals surface area (Å²) < 4.78 is 2.46. The van der Waals surface area contributed by atoms with Gasteiger partial charge < -0.3 is 9.80 Å². The lowest BCUT2D eigenvalue weighted by molar-refractivity contribution is 0.568. The van der Waals surface area contributed by atoms with Crippen molar-refractivity contribution in [1.82, 2.24) is 9.55 Å². The fourth-order valence-electron chi connectivity index (χ4n) is 13.9. The predicted molar refractivity (Wildman–Crippen MR) is 377 cm³/mol. The Hall–Kier alpha value is -9.03. The number of nitrogens with zero attached hydrogens (tertiary/aromatic N) is 4. The third-order valence-corrected chi connectivity index (χ3v) is 24.1. The van der Waals surface area contributed by atoms with E-state index in [-0.39, 0.29) is 21.7 Å². The van der Waals surface area contributed by atoms with E-state index in [4.69, 9.17) is 4.98 Å². The molecule has 5 heteroatoms. The van der Waals surface area contributed by atoms with Gasteiger partial charge in [-0.3, -0.25) is 4.57 Å². The molecule has 13 rings (SSSR count). The molecule has 0 atom stereocenters. The first-order valence-corrected chi connectivity index (χ1v) is 33.4. The van der Waals surface area contributed by atoms with Crippen molar-refractivity contribution in [3.63, 3.8) is 0 Å². The van der Waals surface area contributed by atoms with Crippen LogP contribution in [0.1, 0.15) is 128 Å². The van der Waals surface area contributed by atoms with Gasteiger partial charge in [0.15, 0.2) is 8.07 Å². The highest BCUT2D eigenvalue weighted by Crippen LogP contribution is 2.47. The highest BCUT2D eigenvalue weighted by molar-refractivity contribution is 7.20. The second-order valence-corrected chi connectivity index (χ2v) is 32.1. The summed E-state index contributed by atoms with van der Waals surface area (Å²) in [6.45, 7) is 28.9. The van der Waals surface area contributed by atoms with Gasteiger partial charge in [-0.05, 0) is 155 Å². The highest BCUT2D eigenvalue weighted by Gasteiger charge is 2.44. The SMILES string of the molecule is CC(C)(C)c1cc(N2CN(c3cc(C(C)(C)C)cc([Si](c4ccccc4)(c4ccccc4)c4ccc5c6cc(C(C)(c7ccccc7)c7ccccc7)ccc6n(-c6cc(C(C)(C)c7ccccc7)ccn6)c5c4)c3)c3ccccc32)cc(C(C)(C)C)c1. The molecule has 0 N–H and O–H groups in total. The Labute approximate surface area is 523 Å². The number of hydrogen-bond acceptors (Lipinski definition) is 3. The van der Waals surface area contributed by atoms with Gasteiger partial charge in [-0.2, -0.15) is 0 Å². The molecule has 10 aromatic carbocycles. The lowest BCUT2D eigenvalue weighted by Gasteiger charge is -2.37. The third kappa shape index (κ3) is 10.1. The van der Waals surface area contributed by atoms with Crippen LogP contribution in [0.2, 0.25) is 0 Å².